The monoisotopic (exact) mass is 257 g/mol. The SMILES string of the molecule is CN(C)CCN1CCN(CCC(N)C(N)=O)CC1. The average molecular weight is 257 g/mol. The van der Waals surface area contributed by atoms with Crippen LogP contribution in [-0.2, 0) is 4.79 Å². The lowest BCUT2D eigenvalue weighted by atomic mass is 10.2. The number of carbonyl (C=O) groups is 1. The van der Waals surface area contributed by atoms with Gasteiger partial charge in [-0.1, -0.05) is 0 Å². The molecule has 1 aliphatic rings. The van der Waals surface area contributed by atoms with Crippen molar-refractivity contribution >= 4 is 5.91 Å². The molecule has 0 spiro atoms. The lowest BCUT2D eigenvalue weighted by Crippen LogP contribution is -2.49. The number of nitrogens with zero attached hydrogens (tertiary/aromatic N) is 3. The number of hydrogen-bond acceptors (Lipinski definition) is 5. The maximum Gasteiger partial charge on any atom is 0.234 e. The summed E-state index contributed by atoms with van der Waals surface area (Å²) in [4.78, 5) is 17.9. The second-order valence-electron chi connectivity index (χ2n) is 5.28. The molecule has 1 atom stereocenters. The summed E-state index contributed by atoms with van der Waals surface area (Å²) >= 11 is 0. The molecule has 0 aromatic rings. The van der Waals surface area contributed by atoms with Gasteiger partial charge in [0.05, 0.1) is 6.04 Å². The van der Waals surface area contributed by atoms with Crippen molar-refractivity contribution in [1.29, 1.82) is 0 Å². The van der Waals surface area contributed by atoms with E-state index >= 15 is 0 Å². The van der Waals surface area contributed by atoms with E-state index in [2.05, 4.69) is 28.8 Å². The molecule has 1 saturated heterocycles. The van der Waals surface area contributed by atoms with E-state index in [1.54, 1.807) is 0 Å². The Morgan fingerprint density at radius 2 is 1.67 bits per heavy atom. The highest BCUT2D eigenvalue weighted by Gasteiger charge is 2.18. The number of carbonyl (C=O) groups excluding carboxylic acids is 1. The van der Waals surface area contributed by atoms with Crippen molar-refractivity contribution in [2.24, 2.45) is 11.5 Å². The Balaban J connectivity index is 2.13. The van der Waals surface area contributed by atoms with E-state index in [1.807, 2.05) is 0 Å². The van der Waals surface area contributed by atoms with Crippen LogP contribution in [0.3, 0.4) is 0 Å². The van der Waals surface area contributed by atoms with Crippen LogP contribution in [0, 0.1) is 0 Å². The van der Waals surface area contributed by atoms with Gasteiger partial charge in [-0.05, 0) is 20.5 Å². The Hall–Kier alpha value is -0.690. The largest absolute Gasteiger partial charge is 0.368 e. The molecule has 0 radical (unpaired) electrons. The van der Waals surface area contributed by atoms with Crippen molar-refractivity contribution in [3.63, 3.8) is 0 Å². The molecule has 6 nitrogen and oxygen atoms in total. The molecule has 1 rings (SSSR count). The fourth-order valence-corrected chi connectivity index (χ4v) is 2.04. The second-order valence-corrected chi connectivity index (χ2v) is 5.28. The van der Waals surface area contributed by atoms with Gasteiger partial charge in [0.25, 0.3) is 0 Å². The van der Waals surface area contributed by atoms with Crippen LogP contribution in [0.2, 0.25) is 0 Å². The van der Waals surface area contributed by atoms with Crippen LogP contribution in [0.5, 0.6) is 0 Å². The predicted molar refractivity (Wildman–Crippen MR) is 73.2 cm³/mol. The highest BCUT2D eigenvalue weighted by Crippen LogP contribution is 2.03. The van der Waals surface area contributed by atoms with E-state index in [0.29, 0.717) is 6.42 Å². The molecule has 6 heteroatoms. The van der Waals surface area contributed by atoms with Crippen LogP contribution in [-0.4, -0.2) is 86.6 Å². The molecule has 1 unspecified atom stereocenters. The summed E-state index contributed by atoms with van der Waals surface area (Å²) < 4.78 is 0. The van der Waals surface area contributed by atoms with E-state index in [0.717, 1.165) is 45.8 Å². The van der Waals surface area contributed by atoms with Crippen molar-refractivity contribution in [3.8, 4) is 0 Å². The minimum absolute atomic E-state index is 0.403. The van der Waals surface area contributed by atoms with Crippen LogP contribution < -0.4 is 11.5 Å². The van der Waals surface area contributed by atoms with Crippen LogP contribution in [0.25, 0.3) is 0 Å². The van der Waals surface area contributed by atoms with E-state index in [1.165, 1.54) is 0 Å². The number of primary amides is 1. The fraction of sp³-hybridized carbons (Fsp3) is 0.917. The van der Waals surface area contributed by atoms with Crippen LogP contribution in [0.4, 0.5) is 0 Å². The summed E-state index contributed by atoms with van der Waals surface area (Å²) in [5.41, 5.74) is 10.8. The molecule has 1 amide bonds. The first-order chi connectivity index (χ1) is 8.49. The molecule has 0 aliphatic carbocycles. The van der Waals surface area contributed by atoms with Gasteiger partial charge in [-0.2, -0.15) is 0 Å². The zero-order valence-corrected chi connectivity index (χ0v) is 11.6. The smallest absolute Gasteiger partial charge is 0.234 e. The van der Waals surface area contributed by atoms with Crippen molar-refractivity contribution in [2.75, 3.05) is 59.9 Å². The molecule has 4 N–H and O–H groups in total. The predicted octanol–water partition coefficient (Wildman–Crippen LogP) is -1.63. The van der Waals surface area contributed by atoms with E-state index in [-0.39, 0.29) is 0 Å². The van der Waals surface area contributed by atoms with Crippen LogP contribution in [0.1, 0.15) is 6.42 Å². The first-order valence-corrected chi connectivity index (χ1v) is 6.63. The maximum absolute atomic E-state index is 10.8. The lowest BCUT2D eigenvalue weighted by molar-refractivity contribution is -0.119. The summed E-state index contributed by atoms with van der Waals surface area (Å²) in [5.74, 6) is -0.403. The zero-order chi connectivity index (χ0) is 13.5. The topological polar surface area (TPSA) is 78.8 Å². The molecule has 106 valence electrons. The van der Waals surface area contributed by atoms with Gasteiger partial charge in [-0.3, -0.25) is 9.69 Å². The van der Waals surface area contributed by atoms with Gasteiger partial charge in [0.2, 0.25) is 5.91 Å². The summed E-state index contributed by atoms with van der Waals surface area (Å²) in [6, 6.07) is -0.503. The Bertz CT molecular complexity index is 251. The van der Waals surface area contributed by atoms with Gasteiger partial charge in [-0.25, -0.2) is 0 Å². The van der Waals surface area contributed by atoms with Crippen molar-refractivity contribution in [1.82, 2.24) is 14.7 Å². The molecule has 0 bridgehead atoms. The zero-order valence-electron chi connectivity index (χ0n) is 11.6. The number of likely N-dealkylation sites (N-methyl/N-ethyl adjacent to an activating group) is 1. The molecule has 0 aromatic heterocycles. The first-order valence-electron chi connectivity index (χ1n) is 6.63. The van der Waals surface area contributed by atoms with Crippen molar-refractivity contribution in [3.05, 3.63) is 0 Å². The van der Waals surface area contributed by atoms with Crippen molar-refractivity contribution < 1.29 is 4.79 Å². The normalized spacial score (nSPS) is 20.2. The third kappa shape index (κ3) is 5.77. The standard InChI is InChI=1S/C12H27N5O/c1-15(2)5-6-17-9-7-16(8-10-17)4-3-11(13)12(14)18/h11H,3-10,13H2,1-2H3,(H2,14,18). The Morgan fingerprint density at radius 1 is 1.17 bits per heavy atom. The Labute approximate surface area is 110 Å². The number of hydrogen-bond donors (Lipinski definition) is 2. The van der Waals surface area contributed by atoms with Gasteiger partial charge < -0.3 is 21.3 Å². The number of rotatable bonds is 7. The van der Waals surface area contributed by atoms with Gasteiger partial charge in [0, 0.05) is 45.8 Å². The molecule has 1 heterocycles. The summed E-state index contributed by atoms with van der Waals surface area (Å²) in [6.45, 7) is 7.40. The average Bonchev–Trinajstić information content (AvgIpc) is 2.34. The molecule has 1 aliphatic heterocycles. The Kier molecular flexibility index (Phi) is 6.56. The summed E-state index contributed by atoms with van der Waals surface area (Å²) in [6.07, 6.45) is 0.660. The second kappa shape index (κ2) is 7.68. The minimum atomic E-state index is -0.503. The molecule has 1 fully saturated rings. The fourth-order valence-electron chi connectivity index (χ4n) is 2.04. The van der Waals surface area contributed by atoms with Crippen molar-refractivity contribution in [2.45, 2.75) is 12.5 Å². The molecular weight excluding hydrogens is 230 g/mol. The molecule has 0 aromatic carbocycles. The third-order valence-corrected chi connectivity index (χ3v) is 3.45. The molecule has 18 heavy (non-hydrogen) atoms. The van der Waals surface area contributed by atoms with Crippen LogP contribution >= 0.6 is 0 Å². The van der Waals surface area contributed by atoms with E-state index in [9.17, 15) is 4.79 Å². The maximum atomic E-state index is 10.8. The highest BCUT2D eigenvalue weighted by atomic mass is 16.1. The molecular formula is C12H27N5O. The van der Waals surface area contributed by atoms with Gasteiger partial charge in [-0.15, -0.1) is 0 Å². The van der Waals surface area contributed by atoms with Gasteiger partial charge in [0.1, 0.15) is 0 Å². The number of nitrogens with two attached hydrogens (primary N) is 2. The van der Waals surface area contributed by atoms with E-state index < -0.39 is 11.9 Å². The summed E-state index contributed by atoms with van der Waals surface area (Å²) in [7, 11) is 4.20. The third-order valence-electron chi connectivity index (χ3n) is 3.45. The Morgan fingerprint density at radius 3 is 2.11 bits per heavy atom. The quantitative estimate of drug-likeness (QED) is 0.572. The van der Waals surface area contributed by atoms with Gasteiger partial charge in [0.15, 0.2) is 0 Å². The van der Waals surface area contributed by atoms with Crippen LogP contribution in [0.15, 0.2) is 0 Å². The summed E-state index contributed by atoms with van der Waals surface area (Å²) in [5, 5.41) is 0. The van der Waals surface area contributed by atoms with E-state index in [4.69, 9.17) is 11.5 Å². The number of piperazine rings is 1. The molecule has 0 saturated carbocycles. The lowest BCUT2D eigenvalue weighted by Gasteiger charge is -2.35. The highest BCUT2D eigenvalue weighted by molar-refractivity contribution is 5.79. The van der Waals surface area contributed by atoms with Gasteiger partial charge >= 0.3 is 0 Å². The minimum Gasteiger partial charge on any atom is -0.368 e. The number of amides is 1. The first kappa shape index (κ1) is 15.4.